The van der Waals surface area contributed by atoms with Gasteiger partial charge in [-0.15, -0.1) is 11.3 Å². The van der Waals surface area contributed by atoms with Gasteiger partial charge in [0.05, 0.1) is 17.8 Å². The molecule has 1 heterocycles. The minimum Gasteiger partial charge on any atom is -0.392 e. The molecular formula is C17H14N2O2S. The SMILES string of the molecule is O=C(Nc1cccc(CO)c1)c1ccc(-c2cscn2)cc1. The number of anilines is 1. The second kappa shape index (κ2) is 6.51. The maximum absolute atomic E-state index is 12.2. The van der Waals surface area contributed by atoms with Crippen molar-refractivity contribution in [2.45, 2.75) is 6.61 Å². The number of nitrogens with zero attached hydrogens (tertiary/aromatic N) is 1. The smallest absolute Gasteiger partial charge is 0.255 e. The van der Waals surface area contributed by atoms with E-state index in [4.69, 9.17) is 5.11 Å². The Kier molecular flexibility index (Phi) is 4.27. The molecule has 1 amide bonds. The molecule has 0 atom stereocenters. The van der Waals surface area contributed by atoms with Crippen LogP contribution >= 0.6 is 11.3 Å². The molecule has 0 bridgehead atoms. The summed E-state index contributed by atoms with van der Waals surface area (Å²) in [6.45, 7) is -0.0496. The first kappa shape index (κ1) is 14.4. The van der Waals surface area contributed by atoms with Crippen molar-refractivity contribution in [3.8, 4) is 11.3 Å². The summed E-state index contributed by atoms with van der Waals surface area (Å²) in [6.07, 6.45) is 0. The van der Waals surface area contributed by atoms with Crippen LogP contribution in [0.15, 0.2) is 59.4 Å². The van der Waals surface area contributed by atoms with E-state index in [1.54, 1.807) is 41.9 Å². The second-order valence-corrected chi connectivity index (χ2v) is 5.48. The van der Waals surface area contributed by atoms with E-state index in [9.17, 15) is 4.79 Å². The minimum absolute atomic E-state index is 0.0496. The highest BCUT2D eigenvalue weighted by Gasteiger charge is 2.07. The van der Waals surface area contributed by atoms with Crippen LogP contribution in [0.1, 0.15) is 15.9 Å². The fourth-order valence-corrected chi connectivity index (χ4v) is 2.66. The second-order valence-electron chi connectivity index (χ2n) is 4.76. The molecule has 2 N–H and O–H groups in total. The zero-order valence-electron chi connectivity index (χ0n) is 11.7. The van der Waals surface area contributed by atoms with Crippen LogP contribution < -0.4 is 5.32 Å². The summed E-state index contributed by atoms with van der Waals surface area (Å²) in [5, 5.41) is 13.9. The van der Waals surface area contributed by atoms with Crippen molar-refractivity contribution >= 4 is 22.9 Å². The first-order valence-corrected chi connectivity index (χ1v) is 7.70. The lowest BCUT2D eigenvalue weighted by atomic mass is 10.1. The number of amides is 1. The highest BCUT2D eigenvalue weighted by molar-refractivity contribution is 7.07. The molecule has 0 aliphatic carbocycles. The third-order valence-corrected chi connectivity index (χ3v) is 3.83. The topological polar surface area (TPSA) is 62.2 Å². The molecule has 22 heavy (non-hydrogen) atoms. The average Bonchev–Trinajstić information content (AvgIpc) is 3.09. The number of aliphatic hydroxyl groups is 1. The number of thiazole rings is 1. The number of benzene rings is 2. The van der Waals surface area contributed by atoms with Crippen molar-refractivity contribution in [1.82, 2.24) is 4.98 Å². The first-order chi connectivity index (χ1) is 10.8. The highest BCUT2D eigenvalue weighted by atomic mass is 32.1. The van der Waals surface area contributed by atoms with Crippen LogP contribution in [-0.2, 0) is 6.61 Å². The molecule has 0 radical (unpaired) electrons. The van der Waals surface area contributed by atoms with E-state index in [0.29, 0.717) is 11.3 Å². The Morgan fingerprint density at radius 3 is 2.68 bits per heavy atom. The molecule has 0 saturated carbocycles. The molecule has 110 valence electrons. The van der Waals surface area contributed by atoms with Crippen LogP contribution in [0.3, 0.4) is 0 Å². The molecular weight excluding hydrogens is 296 g/mol. The lowest BCUT2D eigenvalue weighted by Crippen LogP contribution is -2.11. The molecule has 0 fully saturated rings. The van der Waals surface area contributed by atoms with Gasteiger partial charge in [0, 0.05) is 22.2 Å². The summed E-state index contributed by atoms with van der Waals surface area (Å²) in [5.74, 6) is -0.181. The van der Waals surface area contributed by atoms with Crippen LogP contribution in [0.4, 0.5) is 5.69 Å². The van der Waals surface area contributed by atoms with Crippen molar-refractivity contribution in [2.75, 3.05) is 5.32 Å². The van der Waals surface area contributed by atoms with Gasteiger partial charge in [-0.05, 0) is 29.8 Å². The predicted molar refractivity (Wildman–Crippen MR) is 87.9 cm³/mol. The Balaban J connectivity index is 1.74. The number of hydrogen-bond acceptors (Lipinski definition) is 4. The van der Waals surface area contributed by atoms with Crippen LogP contribution in [0.2, 0.25) is 0 Å². The average molecular weight is 310 g/mol. The number of nitrogens with one attached hydrogen (secondary N) is 1. The zero-order chi connectivity index (χ0) is 15.4. The number of carbonyl (C=O) groups is 1. The van der Waals surface area contributed by atoms with Gasteiger partial charge in [0.15, 0.2) is 0 Å². The fraction of sp³-hybridized carbons (Fsp3) is 0.0588. The minimum atomic E-state index is -0.181. The quantitative estimate of drug-likeness (QED) is 0.774. The molecule has 0 saturated heterocycles. The Bertz CT molecular complexity index is 768. The van der Waals surface area contributed by atoms with Crippen molar-refractivity contribution in [1.29, 1.82) is 0 Å². The fourth-order valence-electron chi connectivity index (χ4n) is 2.10. The number of carbonyl (C=O) groups excluding carboxylic acids is 1. The van der Waals surface area contributed by atoms with Crippen molar-refractivity contribution in [3.63, 3.8) is 0 Å². The summed E-state index contributed by atoms with van der Waals surface area (Å²) in [5.41, 5.74) is 5.68. The number of rotatable bonds is 4. The molecule has 3 rings (SSSR count). The maximum atomic E-state index is 12.2. The van der Waals surface area contributed by atoms with Crippen molar-refractivity contribution < 1.29 is 9.90 Å². The van der Waals surface area contributed by atoms with E-state index in [-0.39, 0.29) is 12.5 Å². The molecule has 0 unspecified atom stereocenters. The summed E-state index contributed by atoms with van der Waals surface area (Å²) in [4.78, 5) is 16.5. The van der Waals surface area contributed by atoms with E-state index in [2.05, 4.69) is 10.3 Å². The Hall–Kier alpha value is -2.50. The molecule has 4 nitrogen and oxygen atoms in total. The Morgan fingerprint density at radius 1 is 1.18 bits per heavy atom. The van der Waals surface area contributed by atoms with Gasteiger partial charge >= 0.3 is 0 Å². The summed E-state index contributed by atoms with van der Waals surface area (Å²) in [7, 11) is 0. The first-order valence-electron chi connectivity index (χ1n) is 6.76. The van der Waals surface area contributed by atoms with Gasteiger partial charge in [-0.3, -0.25) is 4.79 Å². The van der Waals surface area contributed by atoms with Crippen LogP contribution in [0, 0.1) is 0 Å². The summed E-state index contributed by atoms with van der Waals surface area (Å²) in [6, 6.07) is 14.5. The van der Waals surface area contributed by atoms with Crippen molar-refractivity contribution in [2.24, 2.45) is 0 Å². The van der Waals surface area contributed by atoms with E-state index in [1.165, 1.54) is 11.3 Å². The molecule has 5 heteroatoms. The largest absolute Gasteiger partial charge is 0.392 e. The number of hydrogen-bond donors (Lipinski definition) is 2. The van der Waals surface area contributed by atoms with Crippen LogP contribution in [0.25, 0.3) is 11.3 Å². The lowest BCUT2D eigenvalue weighted by molar-refractivity contribution is 0.102. The molecule has 1 aromatic heterocycles. The van der Waals surface area contributed by atoms with Gasteiger partial charge in [0.2, 0.25) is 0 Å². The standard InChI is InChI=1S/C17H14N2O2S/c20-9-12-2-1-3-15(8-12)19-17(21)14-6-4-13(5-7-14)16-10-22-11-18-16/h1-8,10-11,20H,9H2,(H,19,21). The summed E-state index contributed by atoms with van der Waals surface area (Å²) >= 11 is 1.54. The molecule has 0 aliphatic rings. The normalized spacial score (nSPS) is 10.4. The predicted octanol–water partition coefficient (Wildman–Crippen LogP) is 3.55. The van der Waals surface area contributed by atoms with Gasteiger partial charge in [-0.25, -0.2) is 4.98 Å². The van der Waals surface area contributed by atoms with E-state index < -0.39 is 0 Å². The van der Waals surface area contributed by atoms with Gasteiger partial charge < -0.3 is 10.4 Å². The Labute approximate surface area is 132 Å². The molecule has 0 spiro atoms. The third kappa shape index (κ3) is 3.21. The van der Waals surface area contributed by atoms with Gasteiger partial charge in [-0.2, -0.15) is 0 Å². The van der Waals surface area contributed by atoms with E-state index >= 15 is 0 Å². The van der Waals surface area contributed by atoms with E-state index in [0.717, 1.165) is 16.8 Å². The van der Waals surface area contributed by atoms with Crippen molar-refractivity contribution in [3.05, 3.63) is 70.5 Å². The Morgan fingerprint density at radius 2 is 2.00 bits per heavy atom. The van der Waals surface area contributed by atoms with Crippen LogP contribution in [0.5, 0.6) is 0 Å². The third-order valence-electron chi connectivity index (χ3n) is 3.24. The summed E-state index contributed by atoms with van der Waals surface area (Å²) < 4.78 is 0. The molecule has 2 aromatic carbocycles. The van der Waals surface area contributed by atoms with Gasteiger partial charge in [-0.1, -0.05) is 24.3 Å². The van der Waals surface area contributed by atoms with Gasteiger partial charge in [0.25, 0.3) is 5.91 Å². The number of aliphatic hydroxyl groups excluding tert-OH is 1. The molecule has 0 aliphatic heterocycles. The monoisotopic (exact) mass is 310 g/mol. The lowest BCUT2D eigenvalue weighted by Gasteiger charge is -2.07. The van der Waals surface area contributed by atoms with Crippen LogP contribution in [-0.4, -0.2) is 16.0 Å². The number of aromatic nitrogens is 1. The zero-order valence-corrected chi connectivity index (χ0v) is 12.5. The molecule has 3 aromatic rings. The maximum Gasteiger partial charge on any atom is 0.255 e. The van der Waals surface area contributed by atoms with Gasteiger partial charge in [0.1, 0.15) is 0 Å². The highest BCUT2D eigenvalue weighted by Crippen LogP contribution is 2.20. The van der Waals surface area contributed by atoms with E-state index in [1.807, 2.05) is 17.5 Å².